The molecule has 0 heterocycles. The van der Waals surface area contributed by atoms with Gasteiger partial charge in [-0.15, -0.1) is 0 Å². The summed E-state index contributed by atoms with van der Waals surface area (Å²) in [7, 11) is 0. The SMILES string of the molecule is CCCCCCCCCCCCN(CC(=O)N(CCCCCCCCCC)CC[N+]([O-])(CCCCCCCCCCCC)CC(=O)N(CCCCCCCCCC)CC(N)=O)C(=O)CNCCN. The maximum Gasteiger partial charge on any atom is 0.278 e. The van der Waals surface area contributed by atoms with E-state index < -0.39 is 10.6 Å². The smallest absolute Gasteiger partial charge is 0.278 e. The molecule has 68 heavy (non-hydrogen) atoms. The van der Waals surface area contributed by atoms with Gasteiger partial charge in [0.05, 0.1) is 39.3 Å². The van der Waals surface area contributed by atoms with Gasteiger partial charge in [-0.3, -0.25) is 19.2 Å². The maximum atomic E-state index is 15.0. The lowest BCUT2D eigenvalue weighted by Crippen LogP contribution is -2.55. The first kappa shape index (κ1) is 65.7. The zero-order valence-electron chi connectivity index (χ0n) is 45.4. The lowest BCUT2D eigenvalue weighted by atomic mass is 10.1. The summed E-state index contributed by atoms with van der Waals surface area (Å²) in [4.78, 5) is 59.3. The second kappa shape index (κ2) is 48.4. The number of primary amides is 1. The largest absolute Gasteiger partial charge is 0.632 e. The number of nitrogens with zero attached hydrogens (tertiary/aromatic N) is 4. The first-order valence-corrected chi connectivity index (χ1v) is 29.2. The summed E-state index contributed by atoms with van der Waals surface area (Å²) in [5.74, 6) is -1.17. The minimum Gasteiger partial charge on any atom is -0.632 e. The third-order valence-electron chi connectivity index (χ3n) is 13.8. The van der Waals surface area contributed by atoms with E-state index in [2.05, 4.69) is 33.0 Å². The molecule has 12 nitrogen and oxygen atoms in total. The zero-order valence-corrected chi connectivity index (χ0v) is 45.4. The number of nitrogens with one attached hydrogen (secondary N) is 1. The molecule has 0 saturated heterocycles. The van der Waals surface area contributed by atoms with Crippen molar-refractivity contribution in [2.45, 2.75) is 259 Å². The van der Waals surface area contributed by atoms with E-state index in [4.69, 9.17) is 11.5 Å². The average molecular weight is 965 g/mol. The molecule has 0 aliphatic heterocycles. The molecule has 0 radical (unpaired) electrons. The van der Waals surface area contributed by atoms with Crippen LogP contribution in [0.3, 0.4) is 0 Å². The molecule has 0 aromatic carbocycles. The summed E-state index contributed by atoms with van der Waals surface area (Å²) in [5, 5.41) is 18.1. The molecule has 12 heteroatoms. The molecule has 0 fully saturated rings. The monoisotopic (exact) mass is 964 g/mol. The third kappa shape index (κ3) is 40.4. The van der Waals surface area contributed by atoms with Crippen LogP contribution < -0.4 is 16.8 Å². The average Bonchev–Trinajstić information content (AvgIpc) is 3.31. The molecule has 0 saturated carbocycles. The quantitative estimate of drug-likeness (QED) is 0.0310. The van der Waals surface area contributed by atoms with Crippen LogP contribution in [0.5, 0.6) is 0 Å². The Morgan fingerprint density at radius 3 is 1.12 bits per heavy atom. The van der Waals surface area contributed by atoms with Gasteiger partial charge in [0.2, 0.25) is 17.7 Å². The zero-order chi connectivity index (χ0) is 50.2. The summed E-state index contributed by atoms with van der Waals surface area (Å²) >= 11 is 0. The van der Waals surface area contributed by atoms with Crippen LogP contribution in [0.15, 0.2) is 0 Å². The second-order valence-corrected chi connectivity index (χ2v) is 20.4. The second-order valence-electron chi connectivity index (χ2n) is 20.4. The number of hydroxylamine groups is 3. The van der Waals surface area contributed by atoms with Crippen molar-refractivity contribution in [2.24, 2.45) is 11.5 Å². The Kier molecular flexibility index (Phi) is 46.7. The Labute approximate surface area is 420 Å². The number of quaternary nitrogens is 1. The predicted octanol–water partition coefficient (Wildman–Crippen LogP) is 11.9. The summed E-state index contributed by atoms with van der Waals surface area (Å²) < 4.78 is -0.742. The molecule has 402 valence electrons. The van der Waals surface area contributed by atoms with Gasteiger partial charge in [-0.1, -0.05) is 227 Å². The van der Waals surface area contributed by atoms with E-state index in [1.54, 1.807) is 9.80 Å². The number of hydrogen-bond acceptors (Lipinski definition) is 7. The van der Waals surface area contributed by atoms with E-state index in [0.29, 0.717) is 39.1 Å². The maximum absolute atomic E-state index is 15.0. The normalized spacial score (nSPS) is 12.3. The lowest BCUT2D eigenvalue weighted by Gasteiger charge is -2.44. The first-order chi connectivity index (χ1) is 33.1. The van der Waals surface area contributed by atoms with Gasteiger partial charge in [0.1, 0.15) is 0 Å². The van der Waals surface area contributed by atoms with Gasteiger partial charge >= 0.3 is 0 Å². The Hall–Kier alpha value is -2.28. The molecule has 0 rings (SSSR count). The fraction of sp³-hybridized carbons (Fsp3) is 0.929. The van der Waals surface area contributed by atoms with Crippen molar-refractivity contribution >= 4 is 23.6 Å². The van der Waals surface area contributed by atoms with Gasteiger partial charge in [-0.25, -0.2) is 0 Å². The Balaban J connectivity index is 6.13. The predicted molar refractivity (Wildman–Crippen MR) is 288 cm³/mol. The van der Waals surface area contributed by atoms with Crippen molar-refractivity contribution in [3.63, 3.8) is 0 Å². The van der Waals surface area contributed by atoms with Gasteiger partial charge in [-0.05, 0) is 32.1 Å². The number of unbranched alkanes of at least 4 members (excludes halogenated alkanes) is 32. The van der Waals surface area contributed by atoms with Crippen LogP contribution in [0.4, 0.5) is 0 Å². The van der Waals surface area contributed by atoms with Crippen molar-refractivity contribution in [1.82, 2.24) is 20.0 Å². The molecule has 0 aliphatic carbocycles. The van der Waals surface area contributed by atoms with Crippen LogP contribution in [0, 0.1) is 5.21 Å². The van der Waals surface area contributed by atoms with Crippen molar-refractivity contribution in [3.05, 3.63) is 5.21 Å². The number of rotatable bonds is 53. The van der Waals surface area contributed by atoms with Gasteiger partial charge in [0, 0.05) is 32.7 Å². The fourth-order valence-corrected chi connectivity index (χ4v) is 9.28. The number of amides is 4. The van der Waals surface area contributed by atoms with Crippen LogP contribution in [0.1, 0.15) is 259 Å². The molecular weight excluding hydrogens is 851 g/mol. The molecule has 0 bridgehead atoms. The molecule has 1 unspecified atom stereocenters. The molecule has 1 atom stereocenters. The van der Waals surface area contributed by atoms with Crippen LogP contribution >= 0.6 is 0 Å². The Morgan fingerprint density at radius 1 is 0.412 bits per heavy atom. The van der Waals surface area contributed by atoms with Crippen LogP contribution in [-0.4, -0.2) is 122 Å². The number of carbonyl (C=O) groups excluding carboxylic acids is 4. The minimum absolute atomic E-state index is 0.0290. The van der Waals surface area contributed by atoms with Crippen molar-refractivity contribution < 1.29 is 23.8 Å². The van der Waals surface area contributed by atoms with Gasteiger partial charge in [0.25, 0.3) is 5.91 Å². The summed E-state index contributed by atoms with van der Waals surface area (Å²) in [6.07, 6.45) is 41.2. The van der Waals surface area contributed by atoms with E-state index in [-0.39, 0.29) is 63.5 Å². The molecule has 0 aliphatic rings. The third-order valence-corrected chi connectivity index (χ3v) is 13.8. The van der Waals surface area contributed by atoms with Crippen molar-refractivity contribution in [1.29, 1.82) is 0 Å². The Bertz CT molecular complexity index is 1180. The highest BCUT2D eigenvalue weighted by molar-refractivity contribution is 5.86. The van der Waals surface area contributed by atoms with Crippen LogP contribution in [0.25, 0.3) is 0 Å². The number of hydrogen-bond donors (Lipinski definition) is 3. The molecular formula is C56H113N7O5. The molecule has 0 aromatic heterocycles. The molecule has 0 aromatic rings. The van der Waals surface area contributed by atoms with E-state index in [9.17, 15) is 19.2 Å². The molecule has 0 spiro atoms. The van der Waals surface area contributed by atoms with Crippen LogP contribution in [-0.2, 0) is 19.2 Å². The highest BCUT2D eigenvalue weighted by Crippen LogP contribution is 2.17. The summed E-state index contributed by atoms with van der Waals surface area (Å²) in [6, 6.07) is 0. The van der Waals surface area contributed by atoms with E-state index >= 15 is 5.21 Å². The summed E-state index contributed by atoms with van der Waals surface area (Å²) in [6.45, 7) is 11.5. The fourth-order valence-electron chi connectivity index (χ4n) is 9.28. The number of nitrogens with two attached hydrogens (primary N) is 2. The van der Waals surface area contributed by atoms with Gasteiger partial charge in [0.15, 0.2) is 6.54 Å². The van der Waals surface area contributed by atoms with Crippen molar-refractivity contribution in [2.75, 3.05) is 78.5 Å². The van der Waals surface area contributed by atoms with Crippen molar-refractivity contribution in [3.8, 4) is 0 Å². The van der Waals surface area contributed by atoms with E-state index in [1.165, 1.54) is 146 Å². The minimum atomic E-state index is -0.742. The van der Waals surface area contributed by atoms with E-state index in [0.717, 1.165) is 83.5 Å². The lowest BCUT2D eigenvalue weighted by molar-refractivity contribution is -0.872. The molecule has 4 amide bonds. The summed E-state index contributed by atoms with van der Waals surface area (Å²) in [5.41, 5.74) is 11.4. The van der Waals surface area contributed by atoms with Gasteiger partial charge < -0.3 is 41.3 Å². The topological polar surface area (TPSA) is 165 Å². The molecule has 5 N–H and O–H groups in total. The first-order valence-electron chi connectivity index (χ1n) is 29.2. The highest BCUT2D eigenvalue weighted by Gasteiger charge is 2.28. The highest BCUT2D eigenvalue weighted by atomic mass is 16.5. The number of carbonyl (C=O) groups is 4. The standard InChI is InChI=1S/C56H113N7O5/c1-5-9-13-17-21-25-27-31-35-39-45-62(54(65)49-59-42-41-57)51-55(66)60(43-37-33-29-23-19-15-11-7-3)46-48-63(68,47-40-36-32-28-26-22-18-14-10-6-2)52-56(67)61(50-53(58)64)44-38-34-30-24-20-16-12-8-4/h59H,5-52,57H2,1-4H3,(H2,58,64). The van der Waals surface area contributed by atoms with Gasteiger partial charge in [-0.2, -0.15) is 0 Å². The Morgan fingerprint density at radius 2 is 0.750 bits per heavy atom. The van der Waals surface area contributed by atoms with E-state index in [1.807, 2.05) is 0 Å². The van der Waals surface area contributed by atoms with Crippen LogP contribution in [0.2, 0.25) is 0 Å².